The minimum Gasteiger partial charge on any atom is -0.126 e. The fourth-order valence-electron chi connectivity index (χ4n) is 2.07. The van der Waals surface area contributed by atoms with Crippen LogP contribution in [0.2, 0.25) is 0 Å². The maximum atomic E-state index is 6.04. The lowest BCUT2D eigenvalue weighted by atomic mass is 9.67. The van der Waals surface area contributed by atoms with Crippen LogP contribution in [0.3, 0.4) is 0 Å². The Balaban J connectivity index is 2.06. The molecule has 0 spiro atoms. The normalized spacial score (nSPS) is 19.0. The molecule has 0 aliphatic heterocycles. The van der Waals surface area contributed by atoms with E-state index in [1.165, 1.54) is 28.4 Å². The van der Waals surface area contributed by atoms with Crippen LogP contribution in [-0.4, -0.2) is 5.88 Å². The lowest BCUT2D eigenvalue weighted by Gasteiger charge is -2.40. The Morgan fingerprint density at radius 2 is 1.86 bits per heavy atom. The Hall–Kier alpha value is 0.240. The van der Waals surface area contributed by atoms with Crippen molar-refractivity contribution in [1.82, 2.24) is 0 Å². The summed E-state index contributed by atoms with van der Waals surface area (Å²) in [5.41, 5.74) is 1.86. The second-order valence-corrected chi connectivity index (χ2v) is 5.80. The highest BCUT2D eigenvalue weighted by atomic mass is 127. The van der Waals surface area contributed by atoms with Crippen molar-refractivity contribution in [3.63, 3.8) is 0 Å². The summed E-state index contributed by atoms with van der Waals surface area (Å²) in [6.07, 6.45) is 5.13. The molecule has 0 radical (unpaired) electrons. The molecule has 14 heavy (non-hydrogen) atoms. The molecule has 0 nitrogen and oxygen atoms in total. The molecule has 0 aromatic heterocycles. The zero-order valence-electron chi connectivity index (χ0n) is 8.10. The summed E-state index contributed by atoms with van der Waals surface area (Å²) in [6, 6.07) is 8.82. The van der Waals surface area contributed by atoms with Gasteiger partial charge in [0.1, 0.15) is 0 Å². The summed E-state index contributed by atoms with van der Waals surface area (Å²) in [5.74, 6) is 0.818. The first-order valence-corrected chi connectivity index (χ1v) is 6.66. The largest absolute Gasteiger partial charge is 0.126 e. The first-order valence-electron chi connectivity index (χ1n) is 5.05. The molecule has 0 atom stereocenters. The van der Waals surface area contributed by atoms with Crippen molar-refractivity contribution < 1.29 is 0 Å². The van der Waals surface area contributed by atoms with Crippen LogP contribution >= 0.6 is 34.2 Å². The molecular weight excluding hydrogens is 306 g/mol. The van der Waals surface area contributed by atoms with Crippen LogP contribution < -0.4 is 0 Å². The number of rotatable bonds is 3. The second kappa shape index (κ2) is 4.40. The third-order valence-corrected chi connectivity index (χ3v) is 4.48. The molecular formula is C12H14ClI. The summed E-state index contributed by atoms with van der Waals surface area (Å²) in [6.45, 7) is 0. The second-order valence-electron chi connectivity index (χ2n) is 4.29. The highest BCUT2D eigenvalue weighted by molar-refractivity contribution is 14.1. The van der Waals surface area contributed by atoms with E-state index in [4.69, 9.17) is 11.6 Å². The maximum absolute atomic E-state index is 6.04. The first-order chi connectivity index (χ1) is 6.74. The van der Waals surface area contributed by atoms with Gasteiger partial charge in [0.2, 0.25) is 0 Å². The molecule has 0 heterocycles. The summed E-state index contributed by atoms with van der Waals surface area (Å²) >= 11 is 8.38. The van der Waals surface area contributed by atoms with Gasteiger partial charge in [-0.2, -0.15) is 0 Å². The zero-order chi connectivity index (χ0) is 10.0. The van der Waals surface area contributed by atoms with Crippen LogP contribution in [0, 0.1) is 8.99 Å². The molecule has 2 rings (SSSR count). The summed E-state index contributed by atoms with van der Waals surface area (Å²) in [7, 11) is 0. The van der Waals surface area contributed by atoms with Gasteiger partial charge in [-0.3, -0.25) is 0 Å². The smallest absolute Gasteiger partial charge is 0.0283 e. The van der Waals surface area contributed by atoms with Crippen molar-refractivity contribution in [2.75, 3.05) is 5.88 Å². The predicted octanol–water partition coefficient (Wildman–Crippen LogP) is 4.24. The number of alkyl halides is 1. The Kier molecular flexibility index (Phi) is 3.38. The molecule has 0 unspecified atom stereocenters. The molecule has 0 N–H and O–H groups in total. The average Bonchev–Trinajstić information content (AvgIpc) is 2.15. The van der Waals surface area contributed by atoms with E-state index in [1.54, 1.807) is 0 Å². The number of hydrogen-bond acceptors (Lipinski definition) is 0. The van der Waals surface area contributed by atoms with Crippen molar-refractivity contribution in [2.45, 2.75) is 25.7 Å². The maximum Gasteiger partial charge on any atom is 0.0283 e. The fraction of sp³-hybridized carbons (Fsp3) is 0.500. The standard InChI is InChI=1S/C12H14ClI/c13-9-12(6-1-7-12)8-10-2-4-11(14)5-3-10/h2-5H,1,6-9H2. The summed E-state index contributed by atoms with van der Waals surface area (Å²) < 4.78 is 1.31. The van der Waals surface area contributed by atoms with Gasteiger partial charge in [0.15, 0.2) is 0 Å². The van der Waals surface area contributed by atoms with E-state index in [-0.39, 0.29) is 0 Å². The molecule has 0 saturated heterocycles. The summed E-state index contributed by atoms with van der Waals surface area (Å²) in [4.78, 5) is 0. The van der Waals surface area contributed by atoms with E-state index in [0.717, 1.165) is 12.3 Å². The topological polar surface area (TPSA) is 0 Å². The summed E-state index contributed by atoms with van der Waals surface area (Å²) in [5, 5.41) is 0. The number of hydrogen-bond donors (Lipinski definition) is 0. The van der Waals surface area contributed by atoms with E-state index in [9.17, 15) is 0 Å². The van der Waals surface area contributed by atoms with Crippen molar-refractivity contribution in [3.8, 4) is 0 Å². The zero-order valence-corrected chi connectivity index (χ0v) is 11.0. The minimum atomic E-state index is 0.425. The van der Waals surface area contributed by atoms with Gasteiger partial charge in [-0.15, -0.1) is 11.6 Å². The van der Waals surface area contributed by atoms with Gasteiger partial charge in [-0.05, 0) is 65.0 Å². The van der Waals surface area contributed by atoms with E-state index >= 15 is 0 Å². The molecule has 1 fully saturated rings. The average molecular weight is 321 g/mol. The van der Waals surface area contributed by atoms with E-state index in [0.29, 0.717) is 5.41 Å². The molecule has 76 valence electrons. The predicted molar refractivity (Wildman–Crippen MR) is 69.9 cm³/mol. The fourth-order valence-corrected chi connectivity index (χ4v) is 2.79. The van der Waals surface area contributed by atoms with Gasteiger partial charge in [0.25, 0.3) is 0 Å². The molecule has 0 bridgehead atoms. The molecule has 1 saturated carbocycles. The quantitative estimate of drug-likeness (QED) is 0.577. The lowest BCUT2D eigenvalue weighted by molar-refractivity contribution is 0.166. The van der Waals surface area contributed by atoms with Gasteiger partial charge in [0.05, 0.1) is 0 Å². The van der Waals surface area contributed by atoms with Crippen LogP contribution in [0.5, 0.6) is 0 Å². The number of benzene rings is 1. The van der Waals surface area contributed by atoms with Crippen molar-refractivity contribution >= 4 is 34.2 Å². The molecule has 1 aromatic rings. The van der Waals surface area contributed by atoms with Gasteiger partial charge < -0.3 is 0 Å². The minimum absolute atomic E-state index is 0.425. The van der Waals surface area contributed by atoms with Crippen LogP contribution in [0.4, 0.5) is 0 Å². The lowest BCUT2D eigenvalue weighted by Crippen LogP contribution is -2.33. The third kappa shape index (κ3) is 2.25. The van der Waals surface area contributed by atoms with E-state index in [1.807, 2.05) is 0 Å². The van der Waals surface area contributed by atoms with Crippen LogP contribution in [0.15, 0.2) is 24.3 Å². The molecule has 1 aromatic carbocycles. The van der Waals surface area contributed by atoms with Crippen molar-refractivity contribution in [3.05, 3.63) is 33.4 Å². The monoisotopic (exact) mass is 320 g/mol. The van der Waals surface area contributed by atoms with Crippen molar-refractivity contribution in [2.24, 2.45) is 5.41 Å². The molecule has 1 aliphatic carbocycles. The Morgan fingerprint density at radius 3 is 2.29 bits per heavy atom. The molecule has 2 heteroatoms. The van der Waals surface area contributed by atoms with Crippen LogP contribution in [0.25, 0.3) is 0 Å². The SMILES string of the molecule is ClCC1(Cc2ccc(I)cc2)CCC1. The van der Waals surface area contributed by atoms with E-state index < -0.39 is 0 Å². The first kappa shape index (κ1) is 10.7. The van der Waals surface area contributed by atoms with Crippen LogP contribution in [-0.2, 0) is 6.42 Å². The van der Waals surface area contributed by atoms with Gasteiger partial charge in [-0.1, -0.05) is 18.6 Å². The van der Waals surface area contributed by atoms with Gasteiger partial charge >= 0.3 is 0 Å². The highest BCUT2D eigenvalue weighted by Gasteiger charge is 2.35. The Bertz CT molecular complexity index is 295. The molecule has 1 aliphatic rings. The third-order valence-electron chi connectivity index (χ3n) is 3.19. The Labute approximate surface area is 104 Å². The molecule has 0 amide bonds. The van der Waals surface area contributed by atoms with Gasteiger partial charge in [0, 0.05) is 9.45 Å². The van der Waals surface area contributed by atoms with Crippen LogP contribution in [0.1, 0.15) is 24.8 Å². The van der Waals surface area contributed by atoms with Crippen molar-refractivity contribution in [1.29, 1.82) is 0 Å². The number of halogens is 2. The Morgan fingerprint density at radius 1 is 1.21 bits per heavy atom. The van der Waals surface area contributed by atoms with Gasteiger partial charge in [-0.25, -0.2) is 0 Å². The highest BCUT2D eigenvalue weighted by Crippen LogP contribution is 2.44. The van der Waals surface area contributed by atoms with E-state index in [2.05, 4.69) is 46.9 Å².